The Morgan fingerprint density at radius 3 is 2.67 bits per heavy atom. The minimum atomic E-state index is -1.02. The van der Waals surface area contributed by atoms with Gasteiger partial charge in [0.25, 0.3) is 0 Å². The molecule has 0 bridgehead atoms. The number of urea groups is 1. The molecule has 2 aliphatic rings. The summed E-state index contributed by atoms with van der Waals surface area (Å²) in [5.41, 5.74) is 0.522. The number of aromatic nitrogens is 1. The topological polar surface area (TPSA) is 75.8 Å². The van der Waals surface area contributed by atoms with Gasteiger partial charge in [-0.3, -0.25) is 0 Å². The van der Waals surface area contributed by atoms with E-state index in [1.807, 2.05) is 0 Å². The monoisotopic (exact) mass is 369 g/mol. The number of aromatic hydroxyl groups is 1. The molecule has 1 unspecified atom stereocenters. The summed E-state index contributed by atoms with van der Waals surface area (Å²) in [4.78, 5) is 16.2. The Hall–Kier alpha value is -3.42. The van der Waals surface area contributed by atoms with Gasteiger partial charge in [-0.15, -0.1) is 0 Å². The molecule has 3 aromatic rings. The van der Waals surface area contributed by atoms with Gasteiger partial charge in [-0.05, 0) is 29.8 Å². The molecule has 2 amide bonds. The third kappa shape index (κ3) is 1.92. The summed E-state index contributed by atoms with van der Waals surface area (Å²) in [5.74, 6) is -1.11. The minimum absolute atomic E-state index is 0.0214. The molecular formula is C19H13F2N3O3. The summed E-state index contributed by atoms with van der Waals surface area (Å²) in [6, 6.07) is 7.89. The van der Waals surface area contributed by atoms with Crippen LogP contribution in [0.5, 0.6) is 11.6 Å². The third-order valence-electron chi connectivity index (χ3n) is 5.21. The van der Waals surface area contributed by atoms with E-state index in [4.69, 9.17) is 4.74 Å². The summed E-state index contributed by atoms with van der Waals surface area (Å²) < 4.78 is 34.1. The second-order valence-corrected chi connectivity index (χ2v) is 6.59. The number of nitrogens with zero attached hydrogens (tertiary/aromatic N) is 2. The quantitative estimate of drug-likeness (QED) is 0.729. The molecule has 0 saturated carbocycles. The Morgan fingerprint density at radius 1 is 1.22 bits per heavy atom. The summed E-state index contributed by atoms with van der Waals surface area (Å²) in [6.07, 6.45) is 0. The largest absolute Gasteiger partial charge is 0.494 e. The molecule has 136 valence electrons. The highest BCUT2D eigenvalue weighted by Crippen LogP contribution is 2.46. The van der Waals surface area contributed by atoms with Gasteiger partial charge >= 0.3 is 6.03 Å². The first-order valence-corrected chi connectivity index (χ1v) is 8.21. The number of carbonyl (C=O) groups excluding carboxylic acids is 1. The number of nitrogens with one attached hydrogen (secondary N) is 1. The highest BCUT2D eigenvalue weighted by Gasteiger charge is 2.52. The summed E-state index contributed by atoms with van der Waals surface area (Å²) in [7, 11) is 1.35. The lowest BCUT2D eigenvalue weighted by Crippen LogP contribution is -2.45. The second-order valence-electron chi connectivity index (χ2n) is 6.59. The normalized spacial score (nSPS) is 20.4. The number of aliphatic imine (C=N–C) groups is 1. The molecule has 6 nitrogen and oxygen atoms in total. The standard InChI is InChI=1S/C19H13F2N3O3/c1-27-14-7-11-12(6-13(14)21)17(25)24-8-19(9-2-4-10(20)5-3-9)16(15(11)24)22-18(26)23-19/h2-7,25H,8H2,1H3,(H,23,26). The Bertz CT molecular complexity index is 1170. The number of rotatable bonds is 2. The molecule has 2 aromatic carbocycles. The van der Waals surface area contributed by atoms with E-state index in [2.05, 4.69) is 10.3 Å². The van der Waals surface area contributed by atoms with Crippen LogP contribution in [0.1, 0.15) is 11.3 Å². The molecule has 0 spiro atoms. The molecular weight excluding hydrogens is 356 g/mol. The highest BCUT2D eigenvalue weighted by atomic mass is 19.1. The lowest BCUT2D eigenvalue weighted by atomic mass is 9.86. The van der Waals surface area contributed by atoms with E-state index in [1.54, 1.807) is 16.7 Å². The zero-order valence-electron chi connectivity index (χ0n) is 14.1. The number of hydrogen-bond acceptors (Lipinski definition) is 3. The van der Waals surface area contributed by atoms with Gasteiger partial charge in [0.2, 0.25) is 0 Å². The van der Waals surface area contributed by atoms with Crippen LogP contribution in [0.2, 0.25) is 0 Å². The molecule has 0 radical (unpaired) electrons. The van der Waals surface area contributed by atoms with E-state index < -0.39 is 23.2 Å². The predicted octanol–water partition coefficient (Wildman–Crippen LogP) is 3.06. The van der Waals surface area contributed by atoms with Crippen LogP contribution in [0.25, 0.3) is 10.8 Å². The molecule has 5 rings (SSSR count). The van der Waals surface area contributed by atoms with Crippen LogP contribution in [0, 0.1) is 11.6 Å². The van der Waals surface area contributed by atoms with Gasteiger partial charge in [0.05, 0.1) is 19.3 Å². The van der Waals surface area contributed by atoms with Crippen molar-refractivity contribution in [3.8, 4) is 11.6 Å². The summed E-state index contributed by atoms with van der Waals surface area (Å²) in [6.45, 7) is 0.156. The number of benzene rings is 2. The minimum Gasteiger partial charge on any atom is -0.494 e. The maximum atomic E-state index is 14.1. The number of halogens is 2. The maximum Gasteiger partial charge on any atom is 0.342 e. The molecule has 0 saturated heterocycles. The molecule has 0 fully saturated rings. The number of carbonyl (C=O) groups is 1. The summed E-state index contributed by atoms with van der Waals surface area (Å²) in [5, 5.41) is 14.3. The van der Waals surface area contributed by atoms with Crippen molar-refractivity contribution in [1.29, 1.82) is 0 Å². The van der Waals surface area contributed by atoms with Crippen LogP contribution in [0.15, 0.2) is 41.4 Å². The first kappa shape index (κ1) is 15.8. The van der Waals surface area contributed by atoms with E-state index >= 15 is 0 Å². The van der Waals surface area contributed by atoms with Crippen LogP contribution in [-0.2, 0) is 12.1 Å². The lowest BCUT2D eigenvalue weighted by molar-refractivity contribution is 0.244. The number of ether oxygens (including phenoxy) is 1. The first-order chi connectivity index (χ1) is 12.9. The van der Waals surface area contributed by atoms with Crippen molar-refractivity contribution in [2.45, 2.75) is 12.1 Å². The zero-order valence-corrected chi connectivity index (χ0v) is 14.1. The molecule has 1 atom stereocenters. The fourth-order valence-corrected chi connectivity index (χ4v) is 4.00. The van der Waals surface area contributed by atoms with Crippen molar-refractivity contribution in [1.82, 2.24) is 9.88 Å². The third-order valence-corrected chi connectivity index (χ3v) is 5.21. The van der Waals surface area contributed by atoms with E-state index in [-0.39, 0.29) is 18.2 Å². The number of fused-ring (bicyclic) bond motifs is 5. The maximum absolute atomic E-state index is 14.1. The molecule has 2 N–H and O–H groups in total. The van der Waals surface area contributed by atoms with Gasteiger partial charge in [0.15, 0.2) is 17.4 Å². The fourth-order valence-electron chi connectivity index (χ4n) is 4.00. The molecule has 2 aliphatic heterocycles. The van der Waals surface area contributed by atoms with Gasteiger partial charge in [-0.1, -0.05) is 12.1 Å². The predicted molar refractivity (Wildman–Crippen MR) is 93.3 cm³/mol. The van der Waals surface area contributed by atoms with Crippen molar-refractivity contribution in [3.63, 3.8) is 0 Å². The number of methoxy groups -OCH3 is 1. The van der Waals surface area contributed by atoms with E-state index in [9.17, 15) is 18.7 Å². The van der Waals surface area contributed by atoms with Crippen LogP contribution in [0.4, 0.5) is 13.6 Å². The van der Waals surface area contributed by atoms with Crippen LogP contribution >= 0.6 is 0 Å². The van der Waals surface area contributed by atoms with Gasteiger partial charge in [0, 0.05) is 10.8 Å². The first-order valence-electron chi connectivity index (χ1n) is 8.21. The molecule has 3 heterocycles. The average Bonchev–Trinajstić information content (AvgIpc) is 3.21. The fraction of sp³-hybridized carbons (Fsp3) is 0.158. The van der Waals surface area contributed by atoms with Crippen molar-refractivity contribution in [2.24, 2.45) is 4.99 Å². The van der Waals surface area contributed by atoms with E-state index in [0.29, 0.717) is 27.7 Å². The van der Waals surface area contributed by atoms with Crippen LogP contribution < -0.4 is 10.1 Å². The van der Waals surface area contributed by atoms with Crippen LogP contribution in [0.3, 0.4) is 0 Å². The SMILES string of the molecule is COc1cc2c3n(c(O)c2cc1F)CC1(c2ccc(F)cc2)NC(=O)N=C31. The van der Waals surface area contributed by atoms with Gasteiger partial charge in [0.1, 0.15) is 17.1 Å². The highest BCUT2D eigenvalue weighted by molar-refractivity contribution is 6.23. The van der Waals surface area contributed by atoms with Crippen LogP contribution in [-0.4, -0.2) is 28.5 Å². The van der Waals surface area contributed by atoms with Crippen molar-refractivity contribution < 1.29 is 23.4 Å². The Morgan fingerprint density at radius 2 is 1.96 bits per heavy atom. The van der Waals surface area contributed by atoms with Crippen molar-refractivity contribution in [2.75, 3.05) is 7.11 Å². The molecule has 8 heteroatoms. The van der Waals surface area contributed by atoms with Gasteiger partial charge < -0.3 is 19.7 Å². The smallest absolute Gasteiger partial charge is 0.342 e. The Labute approximate surface area is 151 Å². The van der Waals surface area contributed by atoms with Gasteiger partial charge in [-0.25, -0.2) is 13.6 Å². The number of amides is 2. The Kier molecular flexibility index (Phi) is 2.96. The van der Waals surface area contributed by atoms with Gasteiger partial charge in [-0.2, -0.15) is 4.99 Å². The molecule has 1 aromatic heterocycles. The lowest BCUT2D eigenvalue weighted by Gasteiger charge is -2.26. The number of hydrogen-bond donors (Lipinski definition) is 2. The van der Waals surface area contributed by atoms with E-state index in [0.717, 1.165) is 0 Å². The second kappa shape index (κ2) is 5.06. The molecule has 27 heavy (non-hydrogen) atoms. The zero-order chi connectivity index (χ0) is 18.9. The van der Waals surface area contributed by atoms with Crippen molar-refractivity contribution >= 4 is 22.5 Å². The van der Waals surface area contributed by atoms with Crippen molar-refractivity contribution in [3.05, 3.63) is 59.3 Å². The Balaban J connectivity index is 1.79. The average molecular weight is 369 g/mol. The van der Waals surface area contributed by atoms with E-state index in [1.165, 1.54) is 31.4 Å². The summed E-state index contributed by atoms with van der Waals surface area (Å²) >= 11 is 0. The molecule has 0 aliphatic carbocycles.